The van der Waals surface area contributed by atoms with Gasteiger partial charge in [-0.15, -0.1) is 0 Å². The normalized spacial score (nSPS) is 12.6. The van der Waals surface area contributed by atoms with Gasteiger partial charge in [0.05, 0.1) is 60.5 Å². The van der Waals surface area contributed by atoms with E-state index in [-0.39, 0.29) is 15.4 Å². The summed E-state index contributed by atoms with van der Waals surface area (Å²) in [7, 11) is -8.94. The minimum Gasteiger partial charge on any atom is -0.203 e. The van der Waals surface area contributed by atoms with Gasteiger partial charge in [0.1, 0.15) is 10.9 Å². The Kier molecular flexibility index (Phi) is 29.9. The summed E-state index contributed by atoms with van der Waals surface area (Å²) in [4.78, 5) is -7.42. The molecule has 0 aromatic heterocycles. The first-order chi connectivity index (χ1) is 58.5. The average Bonchev–Trinajstić information content (AvgIpc) is 0.733. The molecule has 0 fully saturated rings. The lowest BCUT2D eigenvalue weighted by molar-refractivity contribution is -0.162. The molecular weight excluding hydrogens is 1880 g/mol. The quantitative estimate of drug-likeness (QED) is 0.0495. The standard InChI is InChI=1S/C25H20F9S.C23H19F6S.C18F15S.C18H6F9S/c1-13-5-14(2)8-18(7-13)35(19-9-15(3)6-17(11-19)23(26,27)28)20-10-16(4)22(25(32,33)34)21(12-20)24(29,30)31;1-14-8-15(2)11-20(10-14)30(19-6-4-17(5-7-19)22(24,25)26)21-12-16(3)9-18(13-21)23(27,28)29;19-1-4(22)10(28)16(11(29)5(1)23)34(17-12(30)6(24)2(20)7(25)13(17)31)18-14(32)8(26)3(21)9(27)15(18)33;19-10-1-7(2-11(20)16(10)25)28(8-3-12(21)17(26)13(22)4-8)9-5-14(23)18(27)15(24)6-9/h5-12H,1-4H3;4-13H,1-3H3;;1-6H/q4*+1. The molecule has 12 aromatic rings. The highest BCUT2D eigenvalue weighted by atomic mass is 32.2. The number of benzene rings is 12. The Bertz CT molecular complexity index is 5750. The van der Waals surface area contributed by atoms with Crippen molar-refractivity contribution in [2.45, 2.75) is 138 Å². The Labute approximate surface area is 701 Å². The molecule has 0 spiro atoms. The Morgan fingerprint density at radius 3 is 0.622 bits per heavy atom. The molecule has 0 bridgehead atoms. The van der Waals surface area contributed by atoms with E-state index in [9.17, 15) is 171 Å². The van der Waals surface area contributed by atoms with Crippen LogP contribution in [0.25, 0.3) is 0 Å². The lowest BCUT2D eigenvalue weighted by Crippen LogP contribution is -2.22. The van der Waals surface area contributed by atoms with E-state index in [1.807, 2.05) is 32.0 Å². The lowest BCUT2D eigenvalue weighted by atomic mass is 10.0. The van der Waals surface area contributed by atoms with Gasteiger partial charge in [-0.2, -0.15) is 92.2 Å². The van der Waals surface area contributed by atoms with Crippen molar-refractivity contribution in [1.29, 1.82) is 0 Å². The van der Waals surface area contributed by atoms with Crippen molar-refractivity contribution >= 4 is 43.6 Å². The molecular formula is C84H45F39S4+4. The van der Waals surface area contributed by atoms with Crippen LogP contribution in [0.3, 0.4) is 0 Å². The van der Waals surface area contributed by atoms with Gasteiger partial charge in [-0.3, -0.25) is 0 Å². The van der Waals surface area contributed by atoms with Gasteiger partial charge in [-0.1, -0.05) is 12.1 Å². The fourth-order valence-electron chi connectivity index (χ4n) is 12.2. The van der Waals surface area contributed by atoms with Crippen molar-refractivity contribution in [2.75, 3.05) is 0 Å². The Morgan fingerprint density at radius 1 is 0.173 bits per heavy atom. The van der Waals surface area contributed by atoms with Crippen LogP contribution in [0.15, 0.2) is 204 Å². The molecule has 0 saturated carbocycles. The Morgan fingerprint density at radius 2 is 0.386 bits per heavy atom. The molecule has 43 heteroatoms. The molecule has 0 nitrogen and oxygen atoms in total. The molecule has 674 valence electrons. The number of alkyl halides is 15. The van der Waals surface area contributed by atoms with Gasteiger partial charge in [0, 0.05) is 54.6 Å². The highest BCUT2D eigenvalue weighted by molar-refractivity contribution is 7.98. The smallest absolute Gasteiger partial charge is 0.203 e. The van der Waals surface area contributed by atoms with Crippen LogP contribution in [0, 0.1) is 188 Å². The average molecular weight is 1920 g/mol. The van der Waals surface area contributed by atoms with E-state index in [2.05, 4.69) is 0 Å². The molecule has 2 atom stereocenters. The summed E-state index contributed by atoms with van der Waals surface area (Å²) >= 11 is 0. The maximum Gasteiger partial charge on any atom is 0.417 e. The summed E-state index contributed by atoms with van der Waals surface area (Å²) in [5, 5.41) is 0. The van der Waals surface area contributed by atoms with E-state index in [1.165, 1.54) is 25.1 Å². The van der Waals surface area contributed by atoms with E-state index >= 15 is 0 Å². The molecule has 0 aliphatic carbocycles. The molecule has 2 unspecified atom stereocenters. The third-order valence-electron chi connectivity index (χ3n) is 17.3. The summed E-state index contributed by atoms with van der Waals surface area (Å²) in [6, 6.07) is 26.4. The Balaban J connectivity index is 0.000000192. The van der Waals surface area contributed by atoms with Crippen LogP contribution in [0.1, 0.15) is 66.8 Å². The van der Waals surface area contributed by atoms with Crippen LogP contribution >= 0.6 is 0 Å². The minimum absolute atomic E-state index is 0.0506. The van der Waals surface area contributed by atoms with Crippen LogP contribution in [0.5, 0.6) is 0 Å². The van der Waals surface area contributed by atoms with Gasteiger partial charge in [-0.25, -0.2) is 79.0 Å². The topological polar surface area (TPSA) is 0 Å². The third-order valence-corrected chi connectivity index (χ3v) is 26.0. The molecule has 12 rings (SSSR count). The van der Waals surface area contributed by atoms with E-state index < -0.39 is 277 Å². The first-order valence-electron chi connectivity index (χ1n) is 34.4. The molecule has 0 N–H and O–H groups in total. The first kappa shape index (κ1) is 100. The van der Waals surface area contributed by atoms with Crippen LogP contribution in [-0.4, -0.2) is 0 Å². The van der Waals surface area contributed by atoms with Crippen molar-refractivity contribution in [2.24, 2.45) is 0 Å². The third kappa shape index (κ3) is 21.7. The van der Waals surface area contributed by atoms with Crippen LogP contribution < -0.4 is 0 Å². The number of rotatable bonds is 12. The molecule has 0 aliphatic heterocycles. The number of hydrogen-bond acceptors (Lipinski definition) is 0. The van der Waals surface area contributed by atoms with Gasteiger partial charge in [0.15, 0.2) is 96.4 Å². The van der Waals surface area contributed by atoms with Crippen molar-refractivity contribution in [1.82, 2.24) is 0 Å². The van der Waals surface area contributed by atoms with E-state index in [0.29, 0.717) is 73.8 Å². The van der Waals surface area contributed by atoms with E-state index in [1.54, 1.807) is 45.0 Å². The van der Waals surface area contributed by atoms with Crippen molar-refractivity contribution in [3.8, 4) is 0 Å². The zero-order chi connectivity index (χ0) is 95.5. The largest absolute Gasteiger partial charge is 0.417 e. The maximum absolute atomic E-state index is 14.4. The summed E-state index contributed by atoms with van der Waals surface area (Å²) in [5.74, 6) is -60.7. The summed E-state index contributed by atoms with van der Waals surface area (Å²) in [6.07, 6.45) is -24.3. The van der Waals surface area contributed by atoms with Gasteiger partial charge in [-0.05, 0) is 166 Å². The second kappa shape index (κ2) is 37.9. The predicted octanol–water partition coefficient (Wildman–Crippen LogP) is 29.7. The summed E-state index contributed by atoms with van der Waals surface area (Å²) < 4.78 is 532. The summed E-state index contributed by atoms with van der Waals surface area (Å²) in [5.41, 5.74) is -2.96. The van der Waals surface area contributed by atoms with Crippen LogP contribution in [0.2, 0.25) is 0 Å². The highest BCUT2D eigenvalue weighted by Gasteiger charge is 2.53. The van der Waals surface area contributed by atoms with Crippen LogP contribution in [0.4, 0.5) is 171 Å². The van der Waals surface area contributed by atoms with Crippen molar-refractivity contribution < 1.29 is 171 Å². The zero-order valence-corrected chi connectivity index (χ0v) is 67.0. The SMILES string of the molecule is Cc1cc(C)cc([S+](c2cc(C)cc(C(F)(F)F)c2)c2cc(C)c(C(F)(F)F)c(C(F)(F)F)c2)c1.Cc1cc(C)cc([S+](c2ccc(C(F)(F)F)cc2)c2cc(C)cc(C(F)(F)F)c2)c1.Fc1c(F)c(F)c([S+](c2c(F)c(F)c(F)c(F)c2F)c2c(F)c(F)c(F)c(F)c2F)c(F)c1F.Fc1cc([S+](c2cc(F)c(F)c(F)c2)c2cc(F)c(F)c(F)c2)cc(F)c1F. The van der Waals surface area contributed by atoms with Gasteiger partial charge in [0.25, 0.3) is 0 Å². The van der Waals surface area contributed by atoms with Crippen LogP contribution in [-0.2, 0) is 74.5 Å². The van der Waals surface area contributed by atoms with Crippen molar-refractivity contribution in [3.05, 3.63) is 352 Å². The van der Waals surface area contributed by atoms with E-state index in [4.69, 9.17) is 0 Å². The fraction of sp³-hybridized carbons (Fsp3) is 0.143. The van der Waals surface area contributed by atoms with Crippen molar-refractivity contribution in [3.63, 3.8) is 0 Å². The van der Waals surface area contributed by atoms with Gasteiger partial charge < -0.3 is 0 Å². The molecule has 0 saturated heterocycles. The molecule has 12 aromatic carbocycles. The molecule has 0 heterocycles. The number of aryl methyl sites for hydroxylation is 7. The fourth-order valence-corrected chi connectivity index (χ4v) is 21.4. The van der Waals surface area contributed by atoms with Gasteiger partial charge >= 0.3 is 30.9 Å². The number of halogens is 39. The number of hydrogen-bond donors (Lipinski definition) is 0. The maximum atomic E-state index is 14.4. The monoisotopic (exact) mass is 1920 g/mol. The predicted molar refractivity (Wildman–Crippen MR) is 383 cm³/mol. The lowest BCUT2D eigenvalue weighted by Gasteiger charge is -2.20. The zero-order valence-electron chi connectivity index (χ0n) is 63.7. The second-order valence-corrected chi connectivity index (χ2v) is 34.8. The second-order valence-electron chi connectivity index (χ2n) is 26.9. The Hall–Kier alpha value is -10.7. The minimum atomic E-state index is -5.33. The molecule has 0 radical (unpaired) electrons. The first-order valence-corrected chi connectivity index (χ1v) is 39.3. The molecule has 0 amide bonds. The molecule has 0 aliphatic rings. The molecule has 127 heavy (non-hydrogen) atoms. The highest BCUT2D eigenvalue weighted by Crippen LogP contribution is 2.49. The van der Waals surface area contributed by atoms with E-state index in [0.717, 1.165) is 65.4 Å². The summed E-state index contributed by atoms with van der Waals surface area (Å²) in [6.45, 7) is 11.1. The van der Waals surface area contributed by atoms with Gasteiger partial charge in [0.2, 0.25) is 102 Å².